The first-order valence-electron chi connectivity index (χ1n) is 4.28. The predicted molar refractivity (Wildman–Crippen MR) is 51.3 cm³/mol. The second-order valence-corrected chi connectivity index (χ2v) is 3.05. The van der Waals surface area contributed by atoms with Gasteiger partial charge in [0.1, 0.15) is 0 Å². The number of aromatic amines is 1. The summed E-state index contributed by atoms with van der Waals surface area (Å²) in [5, 5.41) is 17.7. The summed E-state index contributed by atoms with van der Waals surface area (Å²) in [5.74, 6) is 0. The maximum absolute atomic E-state index is 9.11. The van der Waals surface area contributed by atoms with Gasteiger partial charge in [0.2, 0.25) is 0 Å². The van der Waals surface area contributed by atoms with Gasteiger partial charge in [0.15, 0.2) is 0 Å². The molecule has 0 spiro atoms. The Kier molecular flexibility index (Phi) is 2.17. The summed E-state index contributed by atoms with van der Waals surface area (Å²) in [4.78, 5) is 7.05. The number of fused-ring (bicyclic) bond motifs is 1. The Bertz CT molecular complexity index is 496. The van der Waals surface area contributed by atoms with Crippen molar-refractivity contribution in [3.05, 3.63) is 29.6 Å². The van der Waals surface area contributed by atoms with Crippen molar-refractivity contribution in [3.63, 3.8) is 0 Å². The normalized spacial score (nSPS) is 10.3. The lowest BCUT2D eigenvalue weighted by molar-refractivity contribution is 0.283. The lowest BCUT2D eigenvalue weighted by atomic mass is 10.1. The van der Waals surface area contributed by atoms with E-state index in [1.165, 1.54) is 0 Å². The number of nitrogens with zero attached hydrogens (tertiary/aromatic N) is 2. The van der Waals surface area contributed by atoms with E-state index in [1.807, 2.05) is 12.1 Å². The maximum atomic E-state index is 9.11. The van der Waals surface area contributed by atoms with Gasteiger partial charge in [0.05, 0.1) is 36.5 Å². The molecule has 0 unspecified atom stereocenters. The molecule has 0 aliphatic rings. The third kappa shape index (κ3) is 1.34. The van der Waals surface area contributed by atoms with Crippen LogP contribution in [0.4, 0.5) is 0 Å². The lowest BCUT2D eigenvalue weighted by Gasteiger charge is -2.00. The van der Waals surface area contributed by atoms with Crippen molar-refractivity contribution in [2.75, 3.05) is 0 Å². The van der Waals surface area contributed by atoms with Crippen LogP contribution in [0.1, 0.15) is 11.1 Å². The minimum Gasteiger partial charge on any atom is -0.392 e. The van der Waals surface area contributed by atoms with Crippen molar-refractivity contribution >= 4 is 11.0 Å². The average molecular weight is 187 g/mol. The minimum absolute atomic E-state index is 0.0549. The zero-order chi connectivity index (χ0) is 9.97. The first-order chi connectivity index (χ1) is 6.85. The van der Waals surface area contributed by atoms with Gasteiger partial charge in [-0.25, -0.2) is 4.98 Å². The summed E-state index contributed by atoms with van der Waals surface area (Å²) in [6.07, 6.45) is 1.93. The zero-order valence-corrected chi connectivity index (χ0v) is 7.49. The standard InChI is InChI=1S/C10H9N3O/c11-2-1-7-3-8(5-14)10-9(4-7)12-6-13-10/h3-4,6,14H,1,5H2,(H,12,13). The van der Waals surface area contributed by atoms with E-state index in [-0.39, 0.29) is 6.61 Å². The number of hydrogen-bond donors (Lipinski definition) is 2. The fraction of sp³-hybridized carbons (Fsp3) is 0.200. The summed E-state index contributed by atoms with van der Waals surface area (Å²) >= 11 is 0. The smallest absolute Gasteiger partial charge is 0.0937 e. The van der Waals surface area contributed by atoms with E-state index in [0.29, 0.717) is 6.42 Å². The summed E-state index contributed by atoms with van der Waals surface area (Å²) < 4.78 is 0. The summed E-state index contributed by atoms with van der Waals surface area (Å²) in [6.45, 7) is -0.0549. The molecule has 0 radical (unpaired) electrons. The number of rotatable bonds is 2. The van der Waals surface area contributed by atoms with Crippen LogP contribution in [-0.4, -0.2) is 15.1 Å². The lowest BCUT2D eigenvalue weighted by Crippen LogP contribution is -1.90. The van der Waals surface area contributed by atoms with Crippen LogP contribution < -0.4 is 0 Å². The highest BCUT2D eigenvalue weighted by atomic mass is 16.3. The number of H-pyrrole nitrogens is 1. The Morgan fingerprint density at radius 3 is 3.07 bits per heavy atom. The highest BCUT2D eigenvalue weighted by molar-refractivity contribution is 5.79. The van der Waals surface area contributed by atoms with E-state index in [9.17, 15) is 0 Å². The molecule has 0 atom stereocenters. The Morgan fingerprint density at radius 1 is 1.50 bits per heavy atom. The van der Waals surface area contributed by atoms with E-state index >= 15 is 0 Å². The van der Waals surface area contributed by atoms with Gasteiger partial charge in [0.25, 0.3) is 0 Å². The number of hydrogen-bond acceptors (Lipinski definition) is 3. The van der Waals surface area contributed by atoms with E-state index in [4.69, 9.17) is 10.4 Å². The van der Waals surface area contributed by atoms with Gasteiger partial charge in [0, 0.05) is 5.56 Å². The SMILES string of the molecule is N#CCc1cc(CO)c2nc[nH]c2c1. The molecule has 0 amide bonds. The van der Waals surface area contributed by atoms with Crippen molar-refractivity contribution in [1.82, 2.24) is 9.97 Å². The largest absolute Gasteiger partial charge is 0.392 e. The van der Waals surface area contributed by atoms with Crippen molar-refractivity contribution in [2.45, 2.75) is 13.0 Å². The van der Waals surface area contributed by atoms with E-state index in [0.717, 1.165) is 22.2 Å². The molecule has 4 nitrogen and oxygen atoms in total. The molecule has 0 bridgehead atoms. The van der Waals surface area contributed by atoms with Crippen LogP contribution in [-0.2, 0) is 13.0 Å². The third-order valence-electron chi connectivity index (χ3n) is 2.12. The van der Waals surface area contributed by atoms with Gasteiger partial charge in [-0.05, 0) is 11.6 Å². The van der Waals surface area contributed by atoms with Gasteiger partial charge in [-0.2, -0.15) is 5.26 Å². The first-order valence-corrected chi connectivity index (χ1v) is 4.28. The van der Waals surface area contributed by atoms with Crippen LogP contribution >= 0.6 is 0 Å². The summed E-state index contributed by atoms with van der Waals surface area (Å²) in [7, 11) is 0. The number of aliphatic hydroxyl groups is 1. The van der Waals surface area contributed by atoms with Gasteiger partial charge < -0.3 is 10.1 Å². The van der Waals surface area contributed by atoms with E-state index < -0.39 is 0 Å². The monoisotopic (exact) mass is 187 g/mol. The summed E-state index contributed by atoms with van der Waals surface area (Å²) in [6, 6.07) is 5.77. The Hall–Kier alpha value is -1.86. The Balaban J connectivity index is 2.62. The van der Waals surface area contributed by atoms with Crippen molar-refractivity contribution in [3.8, 4) is 6.07 Å². The van der Waals surface area contributed by atoms with Crippen molar-refractivity contribution in [2.24, 2.45) is 0 Å². The number of nitriles is 1. The molecule has 0 aliphatic heterocycles. The molecule has 14 heavy (non-hydrogen) atoms. The van der Waals surface area contributed by atoms with Crippen LogP contribution in [0.15, 0.2) is 18.5 Å². The predicted octanol–water partition coefficient (Wildman–Crippen LogP) is 1.12. The van der Waals surface area contributed by atoms with E-state index in [1.54, 1.807) is 6.33 Å². The number of imidazole rings is 1. The van der Waals surface area contributed by atoms with Gasteiger partial charge >= 0.3 is 0 Å². The second-order valence-electron chi connectivity index (χ2n) is 3.05. The third-order valence-corrected chi connectivity index (χ3v) is 2.12. The molecule has 0 aliphatic carbocycles. The molecule has 1 heterocycles. The molecule has 2 N–H and O–H groups in total. The zero-order valence-electron chi connectivity index (χ0n) is 7.49. The molecular weight excluding hydrogens is 178 g/mol. The highest BCUT2D eigenvalue weighted by Crippen LogP contribution is 2.18. The fourth-order valence-electron chi connectivity index (χ4n) is 1.50. The van der Waals surface area contributed by atoms with E-state index in [2.05, 4.69) is 16.0 Å². The number of benzene rings is 1. The van der Waals surface area contributed by atoms with Crippen molar-refractivity contribution < 1.29 is 5.11 Å². The molecular formula is C10H9N3O. The highest BCUT2D eigenvalue weighted by Gasteiger charge is 2.05. The number of aromatic nitrogens is 2. The van der Waals surface area contributed by atoms with Gasteiger partial charge in [-0.15, -0.1) is 0 Å². The molecule has 0 saturated heterocycles. The fourth-order valence-corrected chi connectivity index (χ4v) is 1.50. The second kappa shape index (κ2) is 3.48. The van der Waals surface area contributed by atoms with Crippen LogP contribution in [0.2, 0.25) is 0 Å². The van der Waals surface area contributed by atoms with Gasteiger partial charge in [-0.3, -0.25) is 0 Å². The maximum Gasteiger partial charge on any atom is 0.0937 e. The molecule has 1 aromatic carbocycles. The van der Waals surface area contributed by atoms with Crippen LogP contribution in [0.5, 0.6) is 0 Å². The van der Waals surface area contributed by atoms with Crippen LogP contribution in [0, 0.1) is 11.3 Å². The number of aliphatic hydroxyl groups excluding tert-OH is 1. The molecule has 70 valence electrons. The molecule has 2 rings (SSSR count). The minimum atomic E-state index is -0.0549. The van der Waals surface area contributed by atoms with Crippen LogP contribution in [0.25, 0.3) is 11.0 Å². The molecule has 4 heteroatoms. The molecule has 1 aromatic heterocycles. The molecule has 2 aromatic rings. The van der Waals surface area contributed by atoms with Crippen LogP contribution in [0.3, 0.4) is 0 Å². The topological polar surface area (TPSA) is 72.7 Å². The quantitative estimate of drug-likeness (QED) is 0.739. The molecule has 0 fully saturated rings. The molecule has 0 saturated carbocycles. The van der Waals surface area contributed by atoms with Crippen molar-refractivity contribution in [1.29, 1.82) is 5.26 Å². The number of nitrogens with one attached hydrogen (secondary N) is 1. The summed E-state index contributed by atoms with van der Waals surface area (Å²) in [5.41, 5.74) is 3.29. The van der Waals surface area contributed by atoms with Gasteiger partial charge in [-0.1, -0.05) is 6.07 Å². The Morgan fingerprint density at radius 2 is 2.36 bits per heavy atom. The average Bonchev–Trinajstić information content (AvgIpc) is 2.65. The Labute approximate surface area is 80.8 Å². The first kappa shape index (κ1) is 8.73.